The zero-order valence-electron chi connectivity index (χ0n) is 6.09. The highest BCUT2D eigenvalue weighted by Crippen LogP contribution is 2.13. The SMILES string of the molecule is N#Cc1ccc(C=C(F)I)cc1. The molecule has 0 atom stereocenters. The molecule has 0 spiro atoms. The molecule has 1 aromatic carbocycles. The van der Waals surface area contributed by atoms with Gasteiger partial charge >= 0.3 is 0 Å². The fourth-order valence-corrected chi connectivity index (χ4v) is 1.14. The molecule has 0 aliphatic rings. The monoisotopic (exact) mass is 273 g/mol. The van der Waals surface area contributed by atoms with E-state index in [1.54, 1.807) is 46.9 Å². The third-order valence-corrected chi connectivity index (χ3v) is 1.63. The third-order valence-electron chi connectivity index (χ3n) is 1.32. The van der Waals surface area contributed by atoms with E-state index in [1.165, 1.54) is 6.08 Å². The van der Waals surface area contributed by atoms with E-state index >= 15 is 0 Å². The van der Waals surface area contributed by atoms with Gasteiger partial charge in [0.2, 0.25) is 0 Å². The Hall–Kier alpha value is -0.890. The van der Waals surface area contributed by atoms with Gasteiger partial charge in [0.25, 0.3) is 0 Å². The van der Waals surface area contributed by atoms with Gasteiger partial charge in [0.1, 0.15) is 0 Å². The van der Waals surface area contributed by atoms with Crippen LogP contribution in [0.5, 0.6) is 0 Å². The maximum absolute atomic E-state index is 12.4. The van der Waals surface area contributed by atoms with Gasteiger partial charge in [-0.25, -0.2) is 0 Å². The Morgan fingerprint density at radius 2 is 2.00 bits per heavy atom. The van der Waals surface area contributed by atoms with E-state index in [9.17, 15) is 4.39 Å². The second-order valence-corrected chi connectivity index (χ2v) is 3.20. The summed E-state index contributed by atoms with van der Waals surface area (Å²) < 4.78 is 12.1. The molecule has 0 aliphatic heterocycles. The summed E-state index contributed by atoms with van der Waals surface area (Å²) in [5.41, 5.74) is 1.35. The molecule has 60 valence electrons. The predicted octanol–water partition coefficient (Wildman–Crippen LogP) is 3.26. The maximum Gasteiger partial charge on any atom is 0.161 e. The summed E-state index contributed by atoms with van der Waals surface area (Å²) in [6, 6.07) is 8.72. The van der Waals surface area contributed by atoms with Gasteiger partial charge in [0, 0.05) is 0 Å². The Morgan fingerprint density at radius 1 is 1.42 bits per heavy atom. The first-order chi connectivity index (χ1) is 5.72. The van der Waals surface area contributed by atoms with Crippen LogP contribution in [0.15, 0.2) is 28.1 Å². The van der Waals surface area contributed by atoms with Crippen molar-refractivity contribution in [2.45, 2.75) is 0 Å². The normalized spacial score (nSPS) is 10.9. The second-order valence-electron chi connectivity index (χ2n) is 2.17. The smallest absolute Gasteiger partial charge is 0.161 e. The number of nitriles is 1. The minimum Gasteiger partial charge on any atom is -0.200 e. The molecular weight excluding hydrogens is 268 g/mol. The Bertz CT molecular complexity index is 331. The Labute approximate surface area is 83.7 Å². The summed E-state index contributed by atoms with van der Waals surface area (Å²) in [4.78, 5) is 0. The van der Waals surface area contributed by atoms with Crippen LogP contribution in [0.2, 0.25) is 0 Å². The van der Waals surface area contributed by atoms with Crippen LogP contribution in [-0.4, -0.2) is 0 Å². The second kappa shape index (κ2) is 4.21. The molecule has 1 rings (SSSR count). The number of halogens is 2. The minimum absolute atomic E-state index is 0.266. The summed E-state index contributed by atoms with van der Waals surface area (Å²) >= 11 is 1.59. The molecule has 0 bridgehead atoms. The van der Waals surface area contributed by atoms with Gasteiger partial charge in [-0.05, 0) is 46.4 Å². The summed E-state index contributed by atoms with van der Waals surface area (Å²) in [5, 5.41) is 8.47. The highest BCUT2D eigenvalue weighted by Gasteiger charge is 1.91. The van der Waals surface area contributed by atoms with Crippen molar-refractivity contribution in [1.82, 2.24) is 0 Å². The largest absolute Gasteiger partial charge is 0.200 e. The number of benzene rings is 1. The fourth-order valence-electron chi connectivity index (χ4n) is 0.780. The van der Waals surface area contributed by atoms with Crippen molar-refractivity contribution in [3.8, 4) is 6.07 Å². The summed E-state index contributed by atoms with van der Waals surface area (Å²) in [6.45, 7) is 0. The van der Waals surface area contributed by atoms with Crippen LogP contribution in [0.25, 0.3) is 6.08 Å². The highest BCUT2D eigenvalue weighted by molar-refractivity contribution is 14.1. The lowest BCUT2D eigenvalue weighted by molar-refractivity contribution is 0.718. The molecular formula is C9H5FIN. The van der Waals surface area contributed by atoms with Gasteiger partial charge in [-0.1, -0.05) is 12.1 Å². The predicted molar refractivity (Wildman–Crippen MR) is 54.3 cm³/mol. The number of rotatable bonds is 1. The van der Waals surface area contributed by atoms with Crippen LogP contribution < -0.4 is 0 Å². The number of hydrogen-bond acceptors (Lipinski definition) is 1. The molecule has 0 aromatic heterocycles. The fraction of sp³-hybridized carbons (Fsp3) is 0. The van der Waals surface area contributed by atoms with Gasteiger partial charge < -0.3 is 0 Å². The van der Waals surface area contributed by atoms with Gasteiger partial charge in [-0.2, -0.15) is 9.65 Å². The van der Waals surface area contributed by atoms with Crippen molar-refractivity contribution in [3.05, 3.63) is 39.2 Å². The molecule has 1 aromatic rings. The average molecular weight is 273 g/mol. The molecule has 0 saturated heterocycles. The van der Waals surface area contributed by atoms with E-state index in [2.05, 4.69) is 0 Å². The lowest BCUT2D eigenvalue weighted by atomic mass is 10.1. The highest BCUT2D eigenvalue weighted by atomic mass is 127. The molecule has 0 amide bonds. The molecule has 0 unspecified atom stereocenters. The molecule has 0 saturated carbocycles. The standard InChI is InChI=1S/C9H5FIN/c10-9(11)5-7-1-3-8(6-12)4-2-7/h1-5H. The first kappa shape index (κ1) is 9.20. The molecule has 0 heterocycles. The molecule has 3 heteroatoms. The molecule has 0 fully saturated rings. The van der Waals surface area contributed by atoms with Crippen LogP contribution in [-0.2, 0) is 0 Å². The van der Waals surface area contributed by atoms with E-state index < -0.39 is 0 Å². The van der Waals surface area contributed by atoms with Crippen LogP contribution in [0.1, 0.15) is 11.1 Å². The maximum atomic E-state index is 12.4. The van der Waals surface area contributed by atoms with E-state index in [1.807, 2.05) is 6.07 Å². The summed E-state index contributed by atoms with van der Waals surface area (Å²) in [5.74, 6) is 0. The molecule has 1 nitrogen and oxygen atoms in total. The first-order valence-corrected chi connectivity index (χ1v) is 4.33. The zero-order valence-corrected chi connectivity index (χ0v) is 8.25. The van der Waals surface area contributed by atoms with Crippen LogP contribution >= 0.6 is 22.6 Å². The summed E-state index contributed by atoms with van der Waals surface area (Å²) in [7, 11) is 0. The number of nitrogens with zero attached hydrogens (tertiary/aromatic N) is 1. The van der Waals surface area contributed by atoms with Crippen LogP contribution in [0.3, 0.4) is 0 Å². The van der Waals surface area contributed by atoms with Gasteiger partial charge in [-0.3, -0.25) is 0 Å². The zero-order chi connectivity index (χ0) is 8.97. The van der Waals surface area contributed by atoms with E-state index in [0.29, 0.717) is 5.56 Å². The van der Waals surface area contributed by atoms with Crippen molar-refractivity contribution in [3.63, 3.8) is 0 Å². The molecule has 0 aliphatic carbocycles. The summed E-state index contributed by atoms with van der Waals surface area (Å²) in [6.07, 6.45) is 1.40. The van der Waals surface area contributed by atoms with Crippen molar-refractivity contribution in [1.29, 1.82) is 5.26 Å². The lowest BCUT2D eigenvalue weighted by Crippen LogP contribution is -1.74. The van der Waals surface area contributed by atoms with Gasteiger partial charge in [0.05, 0.1) is 11.6 Å². The van der Waals surface area contributed by atoms with Crippen molar-refractivity contribution >= 4 is 28.7 Å². The van der Waals surface area contributed by atoms with Gasteiger partial charge in [0.15, 0.2) is 3.83 Å². The quantitative estimate of drug-likeness (QED) is 0.720. The topological polar surface area (TPSA) is 23.8 Å². The van der Waals surface area contributed by atoms with Crippen molar-refractivity contribution < 1.29 is 4.39 Å². The number of hydrogen-bond donors (Lipinski definition) is 0. The average Bonchev–Trinajstić information content (AvgIpc) is 2.05. The first-order valence-electron chi connectivity index (χ1n) is 3.25. The van der Waals surface area contributed by atoms with E-state index in [-0.39, 0.29) is 3.83 Å². The van der Waals surface area contributed by atoms with E-state index in [0.717, 1.165) is 5.56 Å². The van der Waals surface area contributed by atoms with Crippen molar-refractivity contribution in [2.24, 2.45) is 0 Å². The van der Waals surface area contributed by atoms with Crippen LogP contribution in [0.4, 0.5) is 4.39 Å². The Morgan fingerprint density at radius 3 is 2.42 bits per heavy atom. The molecule has 0 N–H and O–H groups in total. The van der Waals surface area contributed by atoms with Crippen LogP contribution in [0, 0.1) is 11.3 Å². The van der Waals surface area contributed by atoms with Gasteiger partial charge in [-0.15, -0.1) is 0 Å². The Kier molecular flexibility index (Phi) is 3.23. The Balaban J connectivity index is 2.95. The third kappa shape index (κ3) is 2.62. The van der Waals surface area contributed by atoms with Crippen molar-refractivity contribution in [2.75, 3.05) is 0 Å². The minimum atomic E-state index is -0.266. The molecule has 12 heavy (non-hydrogen) atoms. The molecule has 0 radical (unpaired) electrons. The van der Waals surface area contributed by atoms with E-state index in [4.69, 9.17) is 5.26 Å². The lowest BCUT2D eigenvalue weighted by Gasteiger charge is -1.91.